The third kappa shape index (κ3) is 2.57. The van der Waals surface area contributed by atoms with Gasteiger partial charge in [0.1, 0.15) is 0 Å². The number of rotatable bonds is 2. The van der Waals surface area contributed by atoms with Crippen LogP contribution in [0.3, 0.4) is 0 Å². The Kier molecular flexibility index (Phi) is 3.73. The van der Waals surface area contributed by atoms with Crippen molar-refractivity contribution in [3.05, 3.63) is 84.8 Å². The molecular weight excluding hydrogens is 220 g/mol. The first-order chi connectivity index (χ1) is 8.72. The predicted octanol–water partition coefficient (Wildman–Crippen LogP) is 3.69. The van der Waals surface area contributed by atoms with Gasteiger partial charge < -0.3 is 0 Å². The van der Waals surface area contributed by atoms with Crippen molar-refractivity contribution in [2.45, 2.75) is 0 Å². The van der Waals surface area contributed by atoms with E-state index in [1.54, 1.807) is 7.11 Å². The van der Waals surface area contributed by atoms with E-state index in [4.69, 9.17) is 4.42 Å². The van der Waals surface area contributed by atoms with Gasteiger partial charge in [-0.15, -0.1) is 0 Å². The minimum absolute atomic E-state index is 0.811. The van der Waals surface area contributed by atoms with Crippen molar-refractivity contribution in [3.8, 4) is 0 Å². The lowest BCUT2D eigenvalue weighted by Crippen LogP contribution is -1.98. The zero-order valence-corrected chi connectivity index (χ0v) is 10.5. The maximum absolute atomic E-state index is 5.17. The van der Waals surface area contributed by atoms with Crippen molar-refractivity contribution >= 4 is 11.4 Å². The zero-order chi connectivity index (χ0) is 13.0. The number of ketones is 1. The summed E-state index contributed by atoms with van der Waals surface area (Å²) < 4.78 is 5.17. The molecule has 1 aliphatic rings. The smallest absolute Gasteiger partial charge is 0.258 e. The molecular formula is C17H16O+. The SMILES string of the molecule is [CH2]C(=C)C(=C1C=CC(=[O+]C)C=C1)c1ccccc1. The van der Waals surface area contributed by atoms with E-state index in [2.05, 4.69) is 25.6 Å². The minimum Gasteiger partial charge on any atom is -0.258 e. The van der Waals surface area contributed by atoms with Gasteiger partial charge in [-0.1, -0.05) is 36.9 Å². The van der Waals surface area contributed by atoms with E-state index in [1.165, 1.54) is 0 Å². The molecule has 0 saturated carbocycles. The molecule has 1 nitrogen and oxygen atoms in total. The molecule has 0 aliphatic heterocycles. The number of allylic oxidation sites excluding steroid dienone is 7. The molecule has 1 aliphatic carbocycles. The van der Waals surface area contributed by atoms with Gasteiger partial charge in [0, 0.05) is 12.2 Å². The van der Waals surface area contributed by atoms with Gasteiger partial charge in [0.25, 0.3) is 7.11 Å². The third-order valence-electron chi connectivity index (χ3n) is 2.79. The molecule has 0 bridgehead atoms. The predicted molar refractivity (Wildman–Crippen MR) is 77.1 cm³/mol. The molecule has 0 saturated heterocycles. The van der Waals surface area contributed by atoms with Crippen LogP contribution in [0.4, 0.5) is 0 Å². The molecule has 0 unspecified atom stereocenters. The lowest BCUT2D eigenvalue weighted by molar-refractivity contribution is -0.417. The van der Waals surface area contributed by atoms with Crippen molar-refractivity contribution < 1.29 is 4.42 Å². The maximum Gasteiger partial charge on any atom is 0.343 e. The first kappa shape index (κ1) is 12.3. The largest absolute Gasteiger partial charge is 0.343 e. The zero-order valence-electron chi connectivity index (χ0n) is 10.5. The summed E-state index contributed by atoms with van der Waals surface area (Å²) in [6.07, 6.45) is 7.94. The fourth-order valence-electron chi connectivity index (χ4n) is 1.94. The van der Waals surface area contributed by atoms with Gasteiger partial charge in [-0.25, -0.2) is 0 Å². The maximum atomic E-state index is 5.17. The van der Waals surface area contributed by atoms with E-state index in [-0.39, 0.29) is 0 Å². The highest BCUT2D eigenvalue weighted by molar-refractivity contribution is 6.03. The molecule has 0 heterocycles. The highest BCUT2D eigenvalue weighted by Crippen LogP contribution is 2.27. The van der Waals surface area contributed by atoms with Crippen LogP contribution in [0.5, 0.6) is 0 Å². The van der Waals surface area contributed by atoms with Crippen molar-refractivity contribution in [3.63, 3.8) is 0 Å². The van der Waals surface area contributed by atoms with Gasteiger partial charge in [0.15, 0.2) is 0 Å². The van der Waals surface area contributed by atoms with Gasteiger partial charge in [-0.05, 0) is 41.4 Å². The normalized spacial score (nSPS) is 13.7. The van der Waals surface area contributed by atoms with Gasteiger partial charge >= 0.3 is 5.78 Å². The van der Waals surface area contributed by atoms with Crippen LogP contribution >= 0.6 is 0 Å². The summed E-state index contributed by atoms with van der Waals surface area (Å²) in [5, 5.41) is 0. The van der Waals surface area contributed by atoms with Crippen molar-refractivity contribution in [2.75, 3.05) is 7.11 Å². The highest BCUT2D eigenvalue weighted by atomic mass is 16.4. The van der Waals surface area contributed by atoms with Crippen LogP contribution in [0.25, 0.3) is 5.57 Å². The quantitative estimate of drug-likeness (QED) is 0.694. The Hall–Kier alpha value is -2.15. The molecule has 1 aromatic carbocycles. The topological polar surface area (TPSA) is 11.3 Å². The van der Waals surface area contributed by atoms with E-state index in [0.717, 1.165) is 28.1 Å². The van der Waals surface area contributed by atoms with Crippen LogP contribution in [0.1, 0.15) is 5.56 Å². The van der Waals surface area contributed by atoms with Gasteiger partial charge in [0.05, 0.1) is 0 Å². The van der Waals surface area contributed by atoms with E-state index in [9.17, 15) is 0 Å². The van der Waals surface area contributed by atoms with Gasteiger partial charge in [-0.2, -0.15) is 0 Å². The first-order valence-electron chi connectivity index (χ1n) is 5.80. The van der Waals surface area contributed by atoms with Gasteiger partial charge in [-0.3, -0.25) is 4.42 Å². The molecule has 89 valence electrons. The van der Waals surface area contributed by atoms with Crippen LogP contribution in [-0.2, 0) is 4.42 Å². The third-order valence-corrected chi connectivity index (χ3v) is 2.79. The number of benzene rings is 1. The molecule has 0 fully saturated rings. The molecule has 2 rings (SSSR count). The summed E-state index contributed by atoms with van der Waals surface area (Å²) in [7, 11) is 1.66. The molecule has 0 atom stereocenters. The lowest BCUT2D eigenvalue weighted by Gasteiger charge is -2.11. The number of carbonyl (C=O) groups excluding carboxylic acids is 1. The highest BCUT2D eigenvalue weighted by Gasteiger charge is 2.11. The molecule has 0 N–H and O–H groups in total. The second kappa shape index (κ2) is 5.46. The van der Waals surface area contributed by atoms with E-state index in [1.807, 2.05) is 42.5 Å². The Morgan fingerprint density at radius 3 is 2.11 bits per heavy atom. The summed E-state index contributed by atoms with van der Waals surface area (Å²) >= 11 is 0. The summed E-state index contributed by atoms with van der Waals surface area (Å²) in [5.41, 5.74) is 4.11. The van der Waals surface area contributed by atoms with Gasteiger partial charge in [0.2, 0.25) is 0 Å². The van der Waals surface area contributed by atoms with E-state index in [0.29, 0.717) is 0 Å². The Bertz CT molecular complexity index is 551. The molecule has 1 radical (unpaired) electrons. The summed E-state index contributed by atoms with van der Waals surface area (Å²) in [6.45, 7) is 7.94. The average Bonchev–Trinajstić information content (AvgIpc) is 2.40. The Balaban J connectivity index is 2.51. The molecule has 0 amide bonds. The van der Waals surface area contributed by atoms with Crippen LogP contribution < -0.4 is 0 Å². The van der Waals surface area contributed by atoms with Crippen LogP contribution in [0.15, 0.2) is 72.4 Å². The average molecular weight is 236 g/mol. The standard InChI is InChI=1S/C17H16O/c1-13(2)17(14-7-5-4-6-8-14)15-9-11-16(18-3)12-10-15/h4-12H,1-2H2,3H3/q+1. The Labute approximate surface area is 108 Å². The molecule has 0 aromatic heterocycles. The van der Waals surface area contributed by atoms with E-state index >= 15 is 0 Å². The van der Waals surface area contributed by atoms with Crippen LogP contribution in [0, 0.1) is 6.92 Å². The fraction of sp³-hybridized carbons (Fsp3) is 0.0588. The molecule has 1 aromatic rings. The van der Waals surface area contributed by atoms with Crippen molar-refractivity contribution in [2.24, 2.45) is 0 Å². The van der Waals surface area contributed by atoms with Crippen molar-refractivity contribution in [1.29, 1.82) is 0 Å². The number of hydrogen-bond donors (Lipinski definition) is 0. The first-order valence-corrected chi connectivity index (χ1v) is 5.80. The van der Waals surface area contributed by atoms with Crippen LogP contribution in [-0.4, -0.2) is 12.9 Å². The molecule has 0 spiro atoms. The van der Waals surface area contributed by atoms with Crippen LogP contribution in [0.2, 0.25) is 0 Å². The molecule has 18 heavy (non-hydrogen) atoms. The Morgan fingerprint density at radius 1 is 1.00 bits per heavy atom. The summed E-state index contributed by atoms with van der Waals surface area (Å²) in [5.74, 6) is 0.848. The second-order valence-corrected chi connectivity index (χ2v) is 4.07. The fourth-order valence-corrected chi connectivity index (χ4v) is 1.94. The monoisotopic (exact) mass is 236 g/mol. The molecule has 1 heteroatoms. The Morgan fingerprint density at radius 2 is 1.61 bits per heavy atom. The van der Waals surface area contributed by atoms with E-state index < -0.39 is 0 Å². The lowest BCUT2D eigenvalue weighted by atomic mass is 9.92. The second-order valence-electron chi connectivity index (χ2n) is 4.07. The summed E-state index contributed by atoms with van der Waals surface area (Å²) in [6, 6.07) is 10.2. The summed E-state index contributed by atoms with van der Waals surface area (Å²) in [4.78, 5) is 0. The van der Waals surface area contributed by atoms with Crippen molar-refractivity contribution in [1.82, 2.24) is 0 Å². The number of hydrogen-bond acceptors (Lipinski definition) is 0. The minimum atomic E-state index is 0.811.